The summed E-state index contributed by atoms with van der Waals surface area (Å²) in [5.41, 5.74) is -0.493. The first-order valence-electron chi connectivity index (χ1n) is 6.00. The van der Waals surface area contributed by atoms with E-state index in [2.05, 4.69) is 10.6 Å². The summed E-state index contributed by atoms with van der Waals surface area (Å²) < 4.78 is 18.5. The number of benzene rings is 1. The minimum atomic E-state index is -0.831. The number of ether oxygens (including phenoxy) is 1. The van der Waals surface area contributed by atoms with E-state index in [-0.39, 0.29) is 11.8 Å². The average molecular weight is 252 g/mol. The molecule has 1 aliphatic heterocycles. The molecule has 1 aromatic carbocycles. The summed E-state index contributed by atoms with van der Waals surface area (Å²) in [4.78, 5) is 12.0. The number of nitrogens with one attached hydrogen (secondary N) is 2. The lowest BCUT2D eigenvalue weighted by molar-refractivity contribution is -0.147. The number of para-hydroxylation sites is 1. The van der Waals surface area contributed by atoms with Gasteiger partial charge in [-0.2, -0.15) is 0 Å². The minimum Gasteiger partial charge on any atom is -0.467 e. The number of carbonyl (C=O) groups is 1. The third-order valence-electron chi connectivity index (χ3n) is 3.28. The summed E-state index contributed by atoms with van der Waals surface area (Å²) in [6, 6.07) is 6.35. The van der Waals surface area contributed by atoms with Gasteiger partial charge in [-0.3, -0.25) is 0 Å². The number of rotatable bonds is 3. The van der Waals surface area contributed by atoms with Crippen molar-refractivity contribution in [3.63, 3.8) is 0 Å². The number of halogens is 1. The van der Waals surface area contributed by atoms with Gasteiger partial charge in [0.2, 0.25) is 0 Å². The lowest BCUT2D eigenvalue weighted by atomic mass is 9.88. The highest BCUT2D eigenvalue weighted by atomic mass is 19.1. The zero-order valence-electron chi connectivity index (χ0n) is 10.3. The maximum absolute atomic E-state index is 13.7. The molecule has 0 radical (unpaired) electrons. The Kier molecular flexibility index (Phi) is 3.81. The molecular weight excluding hydrogens is 235 g/mol. The van der Waals surface area contributed by atoms with Crippen LogP contribution in [0.3, 0.4) is 0 Å². The normalized spacial score (nSPS) is 18.1. The molecule has 1 saturated heterocycles. The average Bonchev–Trinajstić information content (AvgIpc) is 2.41. The van der Waals surface area contributed by atoms with Crippen LogP contribution in [0.1, 0.15) is 12.8 Å². The zero-order chi connectivity index (χ0) is 13.0. The van der Waals surface area contributed by atoms with Gasteiger partial charge in [0.05, 0.1) is 12.8 Å². The fraction of sp³-hybridized carbons (Fsp3) is 0.462. The summed E-state index contributed by atoms with van der Waals surface area (Å²) >= 11 is 0. The van der Waals surface area contributed by atoms with Crippen LogP contribution >= 0.6 is 0 Å². The first-order chi connectivity index (χ1) is 8.68. The van der Waals surface area contributed by atoms with Crippen molar-refractivity contribution in [2.24, 2.45) is 0 Å². The van der Waals surface area contributed by atoms with Gasteiger partial charge in [-0.25, -0.2) is 9.18 Å². The lowest BCUT2D eigenvalue weighted by Crippen LogP contribution is -2.54. The van der Waals surface area contributed by atoms with E-state index in [4.69, 9.17) is 4.74 Å². The largest absolute Gasteiger partial charge is 0.467 e. The van der Waals surface area contributed by atoms with Crippen LogP contribution in [0.4, 0.5) is 10.1 Å². The standard InChI is InChI=1S/C13H17FN2O2/c1-18-12(17)13(6-8-15-9-7-13)16-11-5-3-2-4-10(11)14/h2-5,15-16H,6-9H2,1H3. The van der Waals surface area contributed by atoms with Crippen molar-refractivity contribution in [1.29, 1.82) is 0 Å². The molecular formula is C13H17FN2O2. The second-order valence-electron chi connectivity index (χ2n) is 4.43. The van der Waals surface area contributed by atoms with Gasteiger partial charge in [0.15, 0.2) is 0 Å². The summed E-state index contributed by atoms with van der Waals surface area (Å²) in [6.07, 6.45) is 1.15. The summed E-state index contributed by atoms with van der Waals surface area (Å²) in [6.45, 7) is 1.41. The maximum atomic E-state index is 13.7. The Labute approximate surface area is 106 Å². The first kappa shape index (κ1) is 12.8. The molecule has 0 aromatic heterocycles. The molecule has 1 heterocycles. The highest BCUT2D eigenvalue weighted by molar-refractivity contribution is 5.84. The first-order valence-corrected chi connectivity index (χ1v) is 6.00. The van der Waals surface area contributed by atoms with E-state index in [1.54, 1.807) is 18.2 Å². The number of methoxy groups -OCH3 is 1. The van der Waals surface area contributed by atoms with E-state index in [9.17, 15) is 9.18 Å². The summed E-state index contributed by atoms with van der Waals surface area (Å²) in [5.74, 6) is -0.702. The van der Waals surface area contributed by atoms with Crippen molar-refractivity contribution < 1.29 is 13.9 Å². The zero-order valence-corrected chi connectivity index (χ0v) is 10.3. The molecule has 2 rings (SSSR count). The molecule has 1 aliphatic rings. The van der Waals surface area contributed by atoms with Gasteiger partial charge >= 0.3 is 5.97 Å². The molecule has 4 nitrogen and oxygen atoms in total. The minimum absolute atomic E-state index is 0.338. The van der Waals surface area contributed by atoms with Crippen molar-refractivity contribution >= 4 is 11.7 Å². The van der Waals surface area contributed by atoms with Gasteiger partial charge in [0.25, 0.3) is 0 Å². The highest BCUT2D eigenvalue weighted by Gasteiger charge is 2.41. The van der Waals surface area contributed by atoms with Crippen LogP contribution in [-0.2, 0) is 9.53 Å². The van der Waals surface area contributed by atoms with Crippen LogP contribution < -0.4 is 10.6 Å². The topological polar surface area (TPSA) is 50.4 Å². The maximum Gasteiger partial charge on any atom is 0.331 e. The predicted molar refractivity (Wildman–Crippen MR) is 66.9 cm³/mol. The van der Waals surface area contributed by atoms with Crippen molar-refractivity contribution in [3.05, 3.63) is 30.1 Å². The molecule has 0 atom stereocenters. The molecule has 0 spiro atoms. The predicted octanol–water partition coefficient (Wildman–Crippen LogP) is 1.53. The molecule has 0 amide bonds. The van der Waals surface area contributed by atoms with Gasteiger partial charge in [-0.1, -0.05) is 12.1 Å². The number of hydrogen-bond acceptors (Lipinski definition) is 4. The van der Waals surface area contributed by atoms with Crippen LogP contribution in [-0.4, -0.2) is 31.7 Å². The smallest absolute Gasteiger partial charge is 0.331 e. The molecule has 98 valence electrons. The van der Waals surface area contributed by atoms with E-state index < -0.39 is 5.54 Å². The van der Waals surface area contributed by atoms with Crippen LogP contribution in [0.15, 0.2) is 24.3 Å². The number of anilines is 1. The molecule has 0 unspecified atom stereocenters. The summed E-state index contributed by atoms with van der Waals surface area (Å²) in [7, 11) is 1.36. The molecule has 18 heavy (non-hydrogen) atoms. The monoisotopic (exact) mass is 252 g/mol. The SMILES string of the molecule is COC(=O)C1(Nc2ccccc2F)CCNCC1. The van der Waals surface area contributed by atoms with Crippen LogP contribution in [0.25, 0.3) is 0 Å². The number of hydrogen-bond donors (Lipinski definition) is 2. The fourth-order valence-electron chi connectivity index (χ4n) is 2.25. The lowest BCUT2D eigenvalue weighted by Gasteiger charge is -2.36. The Hall–Kier alpha value is -1.62. The Balaban J connectivity index is 2.25. The van der Waals surface area contributed by atoms with Crippen LogP contribution in [0.2, 0.25) is 0 Å². The molecule has 1 fully saturated rings. The molecule has 0 saturated carbocycles. The number of carbonyl (C=O) groups excluding carboxylic acids is 1. The molecule has 2 N–H and O–H groups in total. The van der Waals surface area contributed by atoms with Crippen LogP contribution in [0.5, 0.6) is 0 Å². The van der Waals surface area contributed by atoms with E-state index in [0.29, 0.717) is 31.6 Å². The molecule has 5 heteroatoms. The van der Waals surface area contributed by atoms with Gasteiger partial charge < -0.3 is 15.4 Å². The Morgan fingerprint density at radius 1 is 1.39 bits per heavy atom. The van der Waals surface area contributed by atoms with Crippen molar-refractivity contribution in [2.45, 2.75) is 18.4 Å². The fourth-order valence-corrected chi connectivity index (χ4v) is 2.25. The Bertz CT molecular complexity index is 431. The number of piperidine rings is 1. The van der Waals surface area contributed by atoms with Crippen molar-refractivity contribution in [1.82, 2.24) is 5.32 Å². The van der Waals surface area contributed by atoms with Gasteiger partial charge in [-0.05, 0) is 38.1 Å². The second kappa shape index (κ2) is 5.35. The third kappa shape index (κ3) is 2.46. The van der Waals surface area contributed by atoms with E-state index in [1.165, 1.54) is 13.2 Å². The van der Waals surface area contributed by atoms with Gasteiger partial charge in [-0.15, -0.1) is 0 Å². The second-order valence-corrected chi connectivity index (χ2v) is 4.43. The summed E-state index contributed by atoms with van der Waals surface area (Å²) in [5, 5.41) is 6.20. The van der Waals surface area contributed by atoms with E-state index in [1.807, 2.05) is 0 Å². The van der Waals surface area contributed by atoms with Crippen LogP contribution in [0, 0.1) is 5.82 Å². The van der Waals surface area contributed by atoms with E-state index in [0.717, 1.165) is 0 Å². The van der Waals surface area contributed by atoms with Crippen molar-refractivity contribution in [2.75, 3.05) is 25.5 Å². The molecule has 0 aliphatic carbocycles. The van der Waals surface area contributed by atoms with Gasteiger partial charge in [0, 0.05) is 0 Å². The molecule has 1 aromatic rings. The highest BCUT2D eigenvalue weighted by Crippen LogP contribution is 2.27. The Morgan fingerprint density at radius 2 is 2.06 bits per heavy atom. The van der Waals surface area contributed by atoms with E-state index >= 15 is 0 Å². The Morgan fingerprint density at radius 3 is 2.67 bits per heavy atom. The molecule has 0 bridgehead atoms. The number of esters is 1. The van der Waals surface area contributed by atoms with Gasteiger partial charge in [0.1, 0.15) is 11.4 Å². The quantitative estimate of drug-likeness (QED) is 0.801. The third-order valence-corrected chi connectivity index (χ3v) is 3.28. The van der Waals surface area contributed by atoms with Crippen molar-refractivity contribution in [3.8, 4) is 0 Å².